The van der Waals surface area contributed by atoms with E-state index in [1.807, 2.05) is 60.7 Å². The van der Waals surface area contributed by atoms with Crippen molar-refractivity contribution in [2.45, 2.75) is 11.0 Å². The Morgan fingerprint density at radius 3 is 1.77 bits per heavy atom. The van der Waals surface area contributed by atoms with E-state index in [2.05, 4.69) is 5.10 Å². The van der Waals surface area contributed by atoms with Gasteiger partial charge in [-0.3, -0.25) is 0 Å². The summed E-state index contributed by atoms with van der Waals surface area (Å²) in [7, 11) is 1.55. The average molecular weight is 438 g/mol. The first-order valence-electron chi connectivity index (χ1n) is 9.60. The molecule has 1 aliphatic carbocycles. The molecular weight excluding hydrogens is 421 g/mol. The van der Waals surface area contributed by atoms with E-state index < -0.39 is 16.1 Å². The minimum absolute atomic E-state index is 0.562. The van der Waals surface area contributed by atoms with Crippen molar-refractivity contribution in [2.75, 3.05) is 12.1 Å². The minimum atomic E-state index is -4.54. The van der Waals surface area contributed by atoms with Crippen LogP contribution in [0.15, 0.2) is 90.0 Å². The van der Waals surface area contributed by atoms with Crippen molar-refractivity contribution in [1.29, 1.82) is 0 Å². The van der Waals surface area contributed by atoms with Crippen LogP contribution in [0.4, 0.5) is 18.9 Å². The number of anilines is 1. The first kappa shape index (κ1) is 19.8. The summed E-state index contributed by atoms with van der Waals surface area (Å²) in [6, 6.07) is 25.9. The molecule has 1 spiro atoms. The molecule has 3 aromatic carbocycles. The zero-order valence-electron chi connectivity index (χ0n) is 16.4. The lowest BCUT2D eigenvalue weighted by Gasteiger charge is -2.26. The molecule has 1 aliphatic heterocycles. The van der Waals surface area contributed by atoms with Crippen molar-refractivity contribution in [3.05, 3.63) is 96.1 Å². The van der Waals surface area contributed by atoms with E-state index >= 15 is 0 Å². The smallest absolute Gasteiger partial charge is 0.441 e. The molecule has 156 valence electrons. The molecule has 0 fully saturated rings. The molecule has 0 N–H and O–H groups in total. The van der Waals surface area contributed by atoms with Gasteiger partial charge >= 0.3 is 6.18 Å². The van der Waals surface area contributed by atoms with Crippen molar-refractivity contribution < 1.29 is 17.9 Å². The van der Waals surface area contributed by atoms with Crippen molar-refractivity contribution in [2.24, 2.45) is 5.10 Å². The van der Waals surface area contributed by atoms with Crippen LogP contribution >= 0.6 is 11.8 Å². The fourth-order valence-corrected chi connectivity index (χ4v) is 5.24. The average Bonchev–Trinajstić information content (AvgIpc) is 3.27. The second-order valence-electron chi connectivity index (χ2n) is 7.14. The highest BCUT2D eigenvalue weighted by Crippen LogP contribution is 2.69. The normalized spacial score (nSPS) is 17.2. The summed E-state index contributed by atoms with van der Waals surface area (Å²) in [5.41, 5.74) is 4.00. The van der Waals surface area contributed by atoms with Crippen molar-refractivity contribution in [1.82, 2.24) is 0 Å². The lowest BCUT2D eigenvalue weighted by atomic mass is 10.1. The highest BCUT2D eigenvalue weighted by atomic mass is 32.2. The predicted molar refractivity (Wildman–Crippen MR) is 119 cm³/mol. The molecule has 1 heterocycles. The molecule has 0 saturated carbocycles. The Hall–Kier alpha value is -3.19. The molecule has 3 nitrogen and oxygen atoms in total. The Bertz CT molecular complexity index is 1120. The van der Waals surface area contributed by atoms with Crippen LogP contribution in [-0.4, -0.2) is 23.2 Å². The molecule has 0 saturated heterocycles. The minimum Gasteiger partial charge on any atom is -0.497 e. The number of rotatable bonds is 4. The second-order valence-corrected chi connectivity index (χ2v) is 8.32. The van der Waals surface area contributed by atoms with Gasteiger partial charge in [0.1, 0.15) is 5.75 Å². The highest BCUT2D eigenvalue weighted by molar-refractivity contribution is 8.16. The first-order chi connectivity index (χ1) is 14.9. The number of ether oxygens (including phenoxy) is 1. The van der Waals surface area contributed by atoms with Crippen LogP contribution in [0.3, 0.4) is 0 Å². The van der Waals surface area contributed by atoms with Crippen LogP contribution in [0.25, 0.3) is 11.1 Å². The molecule has 31 heavy (non-hydrogen) atoms. The maximum Gasteiger partial charge on any atom is 0.441 e. The van der Waals surface area contributed by atoms with E-state index in [1.165, 1.54) is 5.01 Å². The molecule has 0 unspecified atom stereocenters. The van der Waals surface area contributed by atoms with E-state index in [4.69, 9.17) is 4.74 Å². The summed E-state index contributed by atoms with van der Waals surface area (Å²) >= 11 is 0.750. The lowest BCUT2D eigenvalue weighted by molar-refractivity contribution is -0.0554. The van der Waals surface area contributed by atoms with Crippen molar-refractivity contribution in [3.8, 4) is 5.75 Å². The first-order valence-corrected chi connectivity index (χ1v) is 10.4. The predicted octanol–water partition coefficient (Wildman–Crippen LogP) is 6.45. The van der Waals surface area contributed by atoms with Gasteiger partial charge < -0.3 is 4.74 Å². The fourth-order valence-electron chi connectivity index (χ4n) is 3.90. The second kappa shape index (κ2) is 7.20. The Balaban J connectivity index is 1.67. The molecule has 0 aromatic heterocycles. The summed E-state index contributed by atoms with van der Waals surface area (Å²) in [5, 5.41) is 4.69. The maximum absolute atomic E-state index is 13.8. The zero-order valence-corrected chi connectivity index (χ0v) is 17.2. The van der Waals surface area contributed by atoms with E-state index in [1.54, 1.807) is 31.4 Å². The number of halogens is 3. The lowest BCUT2D eigenvalue weighted by Crippen LogP contribution is -2.30. The van der Waals surface area contributed by atoms with Crippen LogP contribution < -0.4 is 9.75 Å². The monoisotopic (exact) mass is 438 g/mol. The van der Waals surface area contributed by atoms with Crippen LogP contribution in [0.1, 0.15) is 11.1 Å². The van der Waals surface area contributed by atoms with Gasteiger partial charge in [-0.2, -0.15) is 18.3 Å². The molecule has 7 heteroatoms. The molecule has 0 radical (unpaired) electrons. The summed E-state index contributed by atoms with van der Waals surface area (Å²) in [5.74, 6) is 0.625. The van der Waals surface area contributed by atoms with Gasteiger partial charge in [-0.1, -0.05) is 72.4 Å². The summed E-state index contributed by atoms with van der Waals surface area (Å²) in [6.07, 6.45) is -4.54. The Kier molecular flexibility index (Phi) is 4.59. The number of benzene rings is 3. The number of methoxy groups -OCH3 is 1. The largest absolute Gasteiger partial charge is 0.497 e. The van der Waals surface area contributed by atoms with Gasteiger partial charge in [0.2, 0.25) is 5.04 Å². The highest BCUT2D eigenvalue weighted by Gasteiger charge is 2.66. The van der Waals surface area contributed by atoms with Crippen LogP contribution in [-0.2, 0) is 0 Å². The Labute approximate surface area is 181 Å². The molecule has 2 aliphatic rings. The molecular formula is C24H17F3N2OS. The number of hydrogen-bond donors (Lipinski definition) is 0. The third-order valence-electron chi connectivity index (χ3n) is 5.28. The third kappa shape index (κ3) is 3.20. The summed E-state index contributed by atoms with van der Waals surface area (Å²) < 4.78 is 46.6. The van der Waals surface area contributed by atoms with Crippen LogP contribution in [0.2, 0.25) is 0 Å². The van der Waals surface area contributed by atoms with Crippen molar-refractivity contribution >= 4 is 33.6 Å². The number of thioether (sulfide) groups is 1. The number of hydrazone groups is 1. The SMILES string of the molecule is COc1ccc(N2N=C(C(F)(F)F)SC23C(c2ccccc2)=C3c2ccccc2)cc1. The number of hydrogen-bond acceptors (Lipinski definition) is 4. The zero-order chi connectivity index (χ0) is 21.6. The van der Waals surface area contributed by atoms with Gasteiger partial charge in [-0.15, -0.1) is 0 Å². The summed E-state index contributed by atoms with van der Waals surface area (Å²) in [4.78, 5) is -1.05. The van der Waals surface area contributed by atoms with Gasteiger partial charge in [0.05, 0.1) is 12.8 Å². The van der Waals surface area contributed by atoms with Crippen LogP contribution in [0.5, 0.6) is 5.75 Å². The van der Waals surface area contributed by atoms with E-state index in [0.717, 1.165) is 34.0 Å². The fraction of sp³-hybridized carbons (Fsp3) is 0.125. The van der Waals surface area contributed by atoms with Gasteiger partial charge in [0.15, 0.2) is 4.87 Å². The van der Waals surface area contributed by atoms with Gasteiger partial charge in [0, 0.05) is 11.1 Å². The van der Waals surface area contributed by atoms with Gasteiger partial charge in [-0.25, -0.2) is 5.01 Å². The maximum atomic E-state index is 13.8. The number of nitrogens with zero attached hydrogens (tertiary/aromatic N) is 2. The van der Waals surface area contributed by atoms with Crippen LogP contribution in [0, 0.1) is 0 Å². The van der Waals surface area contributed by atoms with Crippen molar-refractivity contribution in [3.63, 3.8) is 0 Å². The molecule has 0 atom stereocenters. The standard InChI is InChI=1S/C24H17F3N2OS/c1-30-19-14-12-18(13-15-19)29-23(31-22(28-29)24(25,26)27)20(16-8-4-2-5-9-16)21(23)17-10-6-3-7-11-17/h2-15H,1H3. The van der Waals surface area contributed by atoms with E-state index in [0.29, 0.717) is 11.4 Å². The Morgan fingerprint density at radius 2 is 1.32 bits per heavy atom. The van der Waals surface area contributed by atoms with E-state index in [-0.39, 0.29) is 0 Å². The molecule has 0 bridgehead atoms. The topological polar surface area (TPSA) is 24.8 Å². The number of alkyl halides is 3. The molecule has 0 amide bonds. The Morgan fingerprint density at radius 1 is 0.806 bits per heavy atom. The van der Waals surface area contributed by atoms with Gasteiger partial charge in [-0.05, 0) is 35.4 Å². The quantitative estimate of drug-likeness (QED) is 0.468. The summed E-state index contributed by atoms with van der Waals surface area (Å²) in [6.45, 7) is 0. The molecule has 5 rings (SSSR count). The third-order valence-corrected chi connectivity index (χ3v) is 6.67. The molecule has 3 aromatic rings. The van der Waals surface area contributed by atoms with E-state index in [9.17, 15) is 13.2 Å². The van der Waals surface area contributed by atoms with Gasteiger partial charge in [0.25, 0.3) is 0 Å².